The van der Waals surface area contributed by atoms with Crippen molar-refractivity contribution in [3.63, 3.8) is 0 Å². The molecule has 0 radical (unpaired) electrons. The van der Waals surface area contributed by atoms with Crippen LogP contribution in [-0.2, 0) is 9.59 Å². The Morgan fingerprint density at radius 2 is 1.97 bits per heavy atom. The summed E-state index contributed by atoms with van der Waals surface area (Å²) in [6.07, 6.45) is 1.73. The van der Waals surface area contributed by atoms with Gasteiger partial charge in [0.1, 0.15) is 5.65 Å². The molecule has 8 heteroatoms. The van der Waals surface area contributed by atoms with E-state index in [-0.39, 0.29) is 5.57 Å². The van der Waals surface area contributed by atoms with Crippen molar-refractivity contribution >= 4 is 34.7 Å². The average molecular weight is 439 g/mol. The molecule has 0 spiro atoms. The van der Waals surface area contributed by atoms with E-state index in [1.54, 1.807) is 53.9 Å². The van der Waals surface area contributed by atoms with Crippen molar-refractivity contribution in [2.24, 2.45) is 0 Å². The quantitative estimate of drug-likeness (QED) is 0.360. The number of fused-ring (bicyclic) bond motifs is 1. The van der Waals surface area contributed by atoms with Crippen LogP contribution in [0.4, 0.5) is 0 Å². The maximum absolute atomic E-state index is 13.7. The zero-order chi connectivity index (χ0) is 22.3. The molecular weight excluding hydrogens is 416 g/mol. The first-order valence-electron chi connectivity index (χ1n) is 10.0. The summed E-state index contributed by atoms with van der Waals surface area (Å²) in [6.45, 7) is 2.70. The van der Waals surface area contributed by atoms with E-state index in [1.165, 1.54) is 4.90 Å². The number of hydrogen-bond donors (Lipinski definition) is 1. The monoisotopic (exact) mass is 438 g/mol. The standard InChI is InChI=1S/C23H23ClN4O3/c1-14-19(27-10-5-4-9-17(27)25-14)21(29)18-20(15-7-6-8-16(24)13-15)28(12-11-26(2)3)23(31)22(18)30/h4-10,13,20,29H,11-12H2,1-3H3. The van der Waals surface area contributed by atoms with Crippen LogP contribution < -0.4 is 10.0 Å². The fourth-order valence-corrected chi connectivity index (χ4v) is 4.18. The van der Waals surface area contributed by atoms with Crippen molar-refractivity contribution in [3.8, 4) is 0 Å². The van der Waals surface area contributed by atoms with E-state index in [1.807, 2.05) is 20.2 Å². The smallest absolute Gasteiger partial charge is 0.295 e. The Morgan fingerprint density at radius 3 is 2.68 bits per heavy atom. The van der Waals surface area contributed by atoms with E-state index >= 15 is 0 Å². The van der Waals surface area contributed by atoms with Crippen LogP contribution in [0.1, 0.15) is 23.0 Å². The van der Waals surface area contributed by atoms with Crippen LogP contribution in [0.25, 0.3) is 11.4 Å². The third-order valence-electron chi connectivity index (χ3n) is 5.47. The van der Waals surface area contributed by atoms with E-state index in [2.05, 4.69) is 4.98 Å². The summed E-state index contributed by atoms with van der Waals surface area (Å²) in [7, 11) is 3.93. The fourth-order valence-electron chi connectivity index (χ4n) is 3.98. The van der Waals surface area contributed by atoms with Gasteiger partial charge >= 0.3 is 0 Å². The van der Waals surface area contributed by atoms with Crippen LogP contribution in [0.2, 0.25) is 5.02 Å². The molecule has 2 aromatic heterocycles. The maximum Gasteiger partial charge on any atom is 0.295 e. The van der Waals surface area contributed by atoms with Gasteiger partial charge < -0.3 is 19.3 Å². The number of rotatable bonds is 5. The molecule has 1 amide bonds. The highest BCUT2D eigenvalue weighted by molar-refractivity contribution is 6.46. The summed E-state index contributed by atoms with van der Waals surface area (Å²) >= 11 is 6.20. The number of likely N-dealkylation sites (N-methyl/N-ethyl adjacent to an activating group) is 1. The van der Waals surface area contributed by atoms with Crippen LogP contribution in [0.3, 0.4) is 0 Å². The Bertz CT molecular complexity index is 1210. The molecule has 0 saturated carbocycles. The minimum Gasteiger partial charge on any atom is -0.871 e. The first-order valence-corrected chi connectivity index (χ1v) is 10.4. The predicted octanol–water partition coefficient (Wildman–Crippen LogP) is 0.665. The molecule has 7 nitrogen and oxygen atoms in total. The third-order valence-corrected chi connectivity index (χ3v) is 5.70. The number of Topliss-reactive ketones (excluding diaryl/α,β-unsaturated/α-hetero) is 1. The molecule has 0 aliphatic carbocycles. The minimum atomic E-state index is -0.792. The summed E-state index contributed by atoms with van der Waals surface area (Å²) in [5.74, 6) is -1.92. The molecule has 4 rings (SSSR count). The Hall–Kier alpha value is -3.16. The fraction of sp³-hybridized carbons (Fsp3) is 0.261. The van der Waals surface area contributed by atoms with Gasteiger partial charge in [-0.15, -0.1) is 0 Å². The molecule has 0 bridgehead atoms. The van der Waals surface area contributed by atoms with E-state index in [4.69, 9.17) is 11.6 Å². The van der Waals surface area contributed by atoms with Crippen molar-refractivity contribution in [2.45, 2.75) is 13.0 Å². The van der Waals surface area contributed by atoms with Gasteiger partial charge in [0.05, 0.1) is 44.6 Å². The van der Waals surface area contributed by atoms with Gasteiger partial charge in [0, 0.05) is 16.8 Å². The van der Waals surface area contributed by atoms with Crippen LogP contribution >= 0.6 is 11.6 Å². The molecule has 1 aliphatic rings. The molecule has 3 heterocycles. The lowest BCUT2D eigenvalue weighted by atomic mass is 9.96. The summed E-state index contributed by atoms with van der Waals surface area (Å²) < 4.78 is 1.66. The Balaban J connectivity index is 1.93. The molecule has 31 heavy (non-hydrogen) atoms. The van der Waals surface area contributed by atoms with E-state index < -0.39 is 23.5 Å². The van der Waals surface area contributed by atoms with Gasteiger partial charge in [-0.1, -0.05) is 35.6 Å². The first kappa shape index (κ1) is 21.1. The highest BCUT2D eigenvalue weighted by atomic mass is 35.5. The van der Waals surface area contributed by atoms with Gasteiger partial charge in [0.15, 0.2) is 0 Å². The summed E-state index contributed by atoms with van der Waals surface area (Å²) in [4.78, 5) is 33.1. The molecule has 160 valence electrons. The number of benzene rings is 1. The van der Waals surface area contributed by atoms with Gasteiger partial charge in [-0.3, -0.25) is 9.59 Å². The number of nitrogens with zero attached hydrogens (tertiary/aromatic N) is 3. The van der Waals surface area contributed by atoms with E-state index in [0.29, 0.717) is 40.7 Å². The number of ketones is 1. The van der Waals surface area contributed by atoms with Gasteiger partial charge in [0.2, 0.25) is 5.78 Å². The number of quaternary nitrogens is 1. The molecule has 1 unspecified atom stereocenters. The average Bonchev–Trinajstić information content (AvgIpc) is 3.19. The van der Waals surface area contributed by atoms with Gasteiger partial charge in [-0.05, 0) is 36.8 Å². The lowest BCUT2D eigenvalue weighted by Gasteiger charge is -2.27. The minimum absolute atomic E-state index is 0.0604. The molecule has 1 aliphatic heterocycles. The lowest BCUT2D eigenvalue weighted by molar-refractivity contribution is -0.857. The number of imidazole rings is 1. The van der Waals surface area contributed by atoms with Crippen molar-refractivity contribution in [2.75, 3.05) is 27.2 Å². The molecular formula is C23H23ClN4O3. The van der Waals surface area contributed by atoms with Crippen molar-refractivity contribution < 1.29 is 19.6 Å². The van der Waals surface area contributed by atoms with Crippen LogP contribution in [0, 0.1) is 6.92 Å². The molecule has 1 fully saturated rings. The van der Waals surface area contributed by atoms with E-state index in [9.17, 15) is 14.7 Å². The van der Waals surface area contributed by atoms with Crippen molar-refractivity contribution in [1.82, 2.24) is 14.3 Å². The Labute approximate surface area is 185 Å². The number of amides is 1. The van der Waals surface area contributed by atoms with Crippen LogP contribution in [0.5, 0.6) is 0 Å². The number of carbonyl (C=O) groups is 2. The summed E-state index contributed by atoms with van der Waals surface area (Å²) in [5, 5.41) is 14.2. The summed E-state index contributed by atoms with van der Waals surface area (Å²) in [5.41, 5.74) is 1.97. The highest BCUT2D eigenvalue weighted by Crippen LogP contribution is 2.39. The number of pyridine rings is 1. The third kappa shape index (κ3) is 3.71. The molecule has 1 atom stereocenters. The number of hydrogen-bond acceptors (Lipinski definition) is 4. The number of aryl methyl sites for hydroxylation is 1. The Morgan fingerprint density at radius 1 is 1.19 bits per heavy atom. The molecule has 1 saturated heterocycles. The number of carbonyl (C=O) groups excluding carboxylic acids is 2. The highest BCUT2D eigenvalue weighted by Gasteiger charge is 2.44. The molecule has 1 aromatic carbocycles. The largest absolute Gasteiger partial charge is 0.871 e. The normalized spacial score (nSPS) is 18.5. The van der Waals surface area contributed by atoms with Gasteiger partial charge in [0.25, 0.3) is 5.91 Å². The number of halogens is 1. The van der Waals surface area contributed by atoms with Crippen molar-refractivity contribution in [1.29, 1.82) is 0 Å². The zero-order valence-electron chi connectivity index (χ0n) is 17.6. The maximum atomic E-state index is 13.7. The van der Waals surface area contributed by atoms with Crippen LogP contribution in [0.15, 0.2) is 54.2 Å². The number of likely N-dealkylation sites (tertiary alicyclic amines) is 1. The SMILES string of the molecule is Cc1nc2ccccn2c1C([O-])=C1C(=O)C(=O)N(CC[NH+](C)C)C1c1cccc(Cl)c1. The number of aromatic nitrogens is 2. The van der Waals surface area contributed by atoms with Gasteiger partial charge in [-0.25, -0.2) is 4.98 Å². The topological polar surface area (TPSA) is 82.2 Å². The first-order chi connectivity index (χ1) is 14.8. The number of nitrogens with one attached hydrogen (secondary N) is 1. The predicted molar refractivity (Wildman–Crippen MR) is 115 cm³/mol. The van der Waals surface area contributed by atoms with Gasteiger partial charge in [-0.2, -0.15) is 0 Å². The second kappa shape index (κ2) is 8.17. The second-order valence-electron chi connectivity index (χ2n) is 7.96. The molecule has 1 N–H and O–H groups in total. The summed E-state index contributed by atoms with van der Waals surface area (Å²) in [6, 6.07) is 11.6. The lowest BCUT2D eigenvalue weighted by Crippen LogP contribution is -3.06. The Kier molecular flexibility index (Phi) is 5.56. The van der Waals surface area contributed by atoms with E-state index in [0.717, 1.165) is 4.90 Å². The second-order valence-corrected chi connectivity index (χ2v) is 8.40. The zero-order valence-corrected chi connectivity index (χ0v) is 18.3. The van der Waals surface area contributed by atoms with Crippen LogP contribution in [-0.4, -0.2) is 53.2 Å². The molecule has 3 aromatic rings. The van der Waals surface area contributed by atoms with Crippen molar-refractivity contribution in [3.05, 3.63) is 76.2 Å².